The Morgan fingerprint density at radius 3 is 3.00 bits per heavy atom. The zero-order valence-electron chi connectivity index (χ0n) is 6.51. The van der Waals surface area contributed by atoms with Crippen molar-refractivity contribution in [2.75, 3.05) is 13.3 Å². The van der Waals surface area contributed by atoms with E-state index in [9.17, 15) is 4.79 Å². The van der Waals surface area contributed by atoms with Gasteiger partial charge in [-0.3, -0.25) is 10.5 Å². The van der Waals surface area contributed by atoms with Crippen LogP contribution in [-0.4, -0.2) is 25.3 Å². The first kappa shape index (κ1) is 8.49. The molecule has 0 aromatic rings. The maximum absolute atomic E-state index is 11.0. The molecule has 1 aliphatic heterocycles. The summed E-state index contributed by atoms with van der Waals surface area (Å²) >= 11 is 0. The van der Waals surface area contributed by atoms with E-state index in [-0.39, 0.29) is 18.7 Å². The molecule has 1 aliphatic rings. The van der Waals surface area contributed by atoms with Gasteiger partial charge in [0.05, 0.1) is 0 Å². The Morgan fingerprint density at radius 1 is 1.64 bits per heavy atom. The van der Waals surface area contributed by atoms with Gasteiger partial charge in [0.25, 0.3) is 0 Å². The van der Waals surface area contributed by atoms with E-state index in [2.05, 4.69) is 10.1 Å². The lowest BCUT2D eigenvalue weighted by Crippen LogP contribution is -2.42. The van der Waals surface area contributed by atoms with E-state index in [1.165, 1.54) is 0 Å². The molecule has 0 radical (unpaired) electrons. The fourth-order valence-corrected chi connectivity index (χ4v) is 1.24. The van der Waals surface area contributed by atoms with Crippen molar-refractivity contribution >= 4 is 5.97 Å². The Bertz CT molecular complexity index is 132. The predicted molar refractivity (Wildman–Crippen MR) is 40.8 cm³/mol. The average Bonchev–Trinajstić information content (AvgIpc) is 2.07. The van der Waals surface area contributed by atoms with E-state index in [1.807, 2.05) is 0 Å². The molecule has 4 nitrogen and oxygen atoms in total. The van der Waals surface area contributed by atoms with Crippen molar-refractivity contribution in [2.24, 2.45) is 5.73 Å². The van der Waals surface area contributed by atoms with Crippen LogP contribution in [0.4, 0.5) is 0 Å². The van der Waals surface area contributed by atoms with E-state index >= 15 is 0 Å². The second kappa shape index (κ2) is 4.31. The molecule has 11 heavy (non-hydrogen) atoms. The third-order valence-electron chi connectivity index (χ3n) is 1.82. The first-order chi connectivity index (χ1) is 5.34. The topological polar surface area (TPSA) is 64.3 Å². The van der Waals surface area contributed by atoms with Gasteiger partial charge in [0.15, 0.2) is 0 Å². The molecule has 3 N–H and O–H groups in total. The number of rotatable bonds is 2. The van der Waals surface area contributed by atoms with Crippen LogP contribution in [0.2, 0.25) is 0 Å². The van der Waals surface area contributed by atoms with E-state index in [0.717, 1.165) is 25.8 Å². The molecule has 0 aliphatic carbocycles. The highest BCUT2D eigenvalue weighted by Crippen LogP contribution is 2.07. The van der Waals surface area contributed by atoms with Crippen LogP contribution < -0.4 is 11.1 Å². The van der Waals surface area contributed by atoms with E-state index in [0.29, 0.717) is 0 Å². The number of hydrogen-bond acceptors (Lipinski definition) is 4. The van der Waals surface area contributed by atoms with Gasteiger partial charge in [-0.15, -0.1) is 0 Å². The Morgan fingerprint density at radius 2 is 2.45 bits per heavy atom. The van der Waals surface area contributed by atoms with Gasteiger partial charge >= 0.3 is 5.97 Å². The lowest BCUT2D eigenvalue weighted by Gasteiger charge is -2.21. The van der Waals surface area contributed by atoms with Gasteiger partial charge in [-0.2, -0.15) is 0 Å². The van der Waals surface area contributed by atoms with Crippen molar-refractivity contribution in [1.82, 2.24) is 5.32 Å². The van der Waals surface area contributed by atoms with Crippen LogP contribution in [0.25, 0.3) is 0 Å². The first-order valence-corrected chi connectivity index (χ1v) is 3.94. The summed E-state index contributed by atoms with van der Waals surface area (Å²) in [6.07, 6.45) is 3.11. The number of ether oxygens (including phenoxy) is 1. The third-order valence-corrected chi connectivity index (χ3v) is 1.82. The molecule has 0 spiro atoms. The summed E-state index contributed by atoms with van der Waals surface area (Å²) in [7, 11) is 0. The maximum Gasteiger partial charge on any atom is 0.324 e. The van der Waals surface area contributed by atoms with Crippen molar-refractivity contribution in [3.63, 3.8) is 0 Å². The van der Waals surface area contributed by atoms with Crippen LogP contribution in [0.1, 0.15) is 19.3 Å². The number of carbonyl (C=O) groups excluding carboxylic acids is 1. The molecular weight excluding hydrogens is 144 g/mol. The molecule has 1 heterocycles. The van der Waals surface area contributed by atoms with Crippen LogP contribution in [0.3, 0.4) is 0 Å². The zero-order chi connectivity index (χ0) is 8.10. The quantitative estimate of drug-likeness (QED) is 0.423. The minimum absolute atomic E-state index is 0.0169. The molecule has 1 unspecified atom stereocenters. The Hall–Kier alpha value is -0.610. The van der Waals surface area contributed by atoms with Gasteiger partial charge < -0.3 is 10.1 Å². The number of piperidine rings is 1. The largest absolute Gasteiger partial charge is 0.449 e. The minimum atomic E-state index is -0.216. The molecule has 1 saturated heterocycles. The molecule has 0 amide bonds. The standard InChI is InChI=1S/C7H14N2O2/c8-5-11-7(10)6-3-1-2-4-9-6/h6,9H,1-5,8H2. The summed E-state index contributed by atoms with van der Waals surface area (Å²) in [5.74, 6) is -0.216. The summed E-state index contributed by atoms with van der Waals surface area (Å²) in [5.41, 5.74) is 5.07. The second-order valence-corrected chi connectivity index (χ2v) is 2.63. The summed E-state index contributed by atoms with van der Waals surface area (Å²) in [5, 5.41) is 3.07. The van der Waals surface area contributed by atoms with Gasteiger partial charge in [0.1, 0.15) is 12.8 Å². The molecule has 1 atom stereocenters. The van der Waals surface area contributed by atoms with Crippen LogP contribution in [-0.2, 0) is 9.53 Å². The molecule has 0 aromatic heterocycles. The lowest BCUT2D eigenvalue weighted by atomic mass is 10.1. The number of esters is 1. The number of nitrogens with two attached hydrogens (primary N) is 1. The Labute approximate surface area is 66.1 Å². The highest BCUT2D eigenvalue weighted by atomic mass is 16.5. The molecule has 64 valence electrons. The van der Waals surface area contributed by atoms with E-state index in [4.69, 9.17) is 5.73 Å². The maximum atomic E-state index is 11.0. The van der Waals surface area contributed by atoms with Crippen LogP contribution in [0, 0.1) is 0 Å². The summed E-state index contributed by atoms with van der Waals surface area (Å²) in [4.78, 5) is 11.0. The summed E-state index contributed by atoms with van der Waals surface area (Å²) in [6, 6.07) is -0.118. The van der Waals surface area contributed by atoms with Gasteiger partial charge in [-0.05, 0) is 19.4 Å². The highest BCUT2D eigenvalue weighted by molar-refractivity contribution is 5.75. The van der Waals surface area contributed by atoms with Crippen molar-refractivity contribution < 1.29 is 9.53 Å². The molecule has 4 heteroatoms. The predicted octanol–water partition coefficient (Wildman–Crippen LogP) is -0.412. The molecular formula is C7H14N2O2. The Balaban J connectivity index is 2.27. The highest BCUT2D eigenvalue weighted by Gasteiger charge is 2.20. The fourth-order valence-electron chi connectivity index (χ4n) is 1.24. The van der Waals surface area contributed by atoms with Gasteiger partial charge in [0, 0.05) is 0 Å². The normalized spacial score (nSPS) is 24.6. The van der Waals surface area contributed by atoms with Crippen LogP contribution in [0.5, 0.6) is 0 Å². The molecule has 0 bridgehead atoms. The number of carbonyl (C=O) groups is 1. The smallest absolute Gasteiger partial charge is 0.324 e. The average molecular weight is 158 g/mol. The van der Waals surface area contributed by atoms with Gasteiger partial charge in [-0.25, -0.2) is 0 Å². The van der Waals surface area contributed by atoms with Crippen molar-refractivity contribution in [2.45, 2.75) is 25.3 Å². The molecule has 1 rings (SSSR count). The molecule has 0 saturated carbocycles. The van der Waals surface area contributed by atoms with Crippen molar-refractivity contribution in [1.29, 1.82) is 0 Å². The first-order valence-electron chi connectivity index (χ1n) is 3.94. The van der Waals surface area contributed by atoms with E-state index < -0.39 is 0 Å². The SMILES string of the molecule is NCOC(=O)C1CCCCN1. The number of hydrogen-bond donors (Lipinski definition) is 2. The zero-order valence-corrected chi connectivity index (χ0v) is 6.51. The van der Waals surface area contributed by atoms with E-state index in [1.54, 1.807) is 0 Å². The fraction of sp³-hybridized carbons (Fsp3) is 0.857. The second-order valence-electron chi connectivity index (χ2n) is 2.63. The lowest BCUT2D eigenvalue weighted by molar-refractivity contribution is -0.146. The summed E-state index contributed by atoms with van der Waals surface area (Å²) < 4.78 is 4.66. The Kier molecular flexibility index (Phi) is 3.32. The van der Waals surface area contributed by atoms with Crippen LogP contribution in [0.15, 0.2) is 0 Å². The minimum Gasteiger partial charge on any atom is -0.449 e. The summed E-state index contributed by atoms with van der Waals surface area (Å²) in [6.45, 7) is 0.890. The van der Waals surface area contributed by atoms with Crippen molar-refractivity contribution in [3.05, 3.63) is 0 Å². The molecule has 0 aromatic carbocycles. The van der Waals surface area contributed by atoms with Gasteiger partial charge in [0.2, 0.25) is 0 Å². The van der Waals surface area contributed by atoms with Gasteiger partial charge in [-0.1, -0.05) is 6.42 Å². The van der Waals surface area contributed by atoms with Crippen molar-refractivity contribution in [3.8, 4) is 0 Å². The monoisotopic (exact) mass is 158 g/mol. The number of nitrogens with one attached hydrogen (secondary N) is 1. The third kappa shape index (κ3) is 2.48. The molecule has 1 fully saturated rings. The van der Waals surface area contributed by atoms with Crippen LogP contribution >= 0.6 is 0 Å².